The van der Waals surface area contributed by atoms with E-state index in [9.17, 15) is 4.79 Å². The van der Waals surface area contributed by atoms with Crippen LogP contribution in [-0.4, -0.2) is 15.7 Å². The molecule has 114 valence electrons. The zero-order valence-corrected chi connectivity index (χ0v) is 12.9. The highest BCUT2D eigenvalue weighted by molar-refractivity contribution is 5.95. The van der Waals surface area contributed by atoms with Crippen LogP contribution < -0.4 is 5.32 Å². The van der Waals surface area contributed by atoms with E-state index in [-0.39, 0.29) is 11.9 Å². The standard InChI is InChI=1S/C18H21N3O/c1-12-5-6-13-7-8-16(14(13)10-12)20-18(22)15-11-19-21-9-3-2-4-17(15)21/h5-6,10-11,16H,2-4,7-9H2,1H3,(H,20,22). The SMILES string of the molecule is Cc1ccc2c(c1)C(NC(=O)c1cnn3c1CCCC3)CC2. The second kappa shape index (κ2) is 5.27. The molecule has 1 aromatic carbocycles. The maximum atomic E-state index is 12.7. The molecule has 22 heavy (non-hydrogen) atoms. The van der Waals surface area contributed by atoms with Crippen LogP contribution in [0.2, 0.25) is 0 Å². The van der Waals surface area contributed by atoms with E-state index >= 15 is 0 Å². The minimum atomic E-state index is 0.0301. The molecule has 0 radical (unpaired) electrons. The third-order valence-corrected chi connectivity index (χ3v) is 4.91. The summed E-state index contributed by atoms with van der Waals surface area (Å²) in [4.78, 5) is 12.7. The minimum absolute atomic E-state index is 0.0301. The Labute approximate surface area is 130 Å². The number of amides is 1. The highest BCUT2D eigenvalue weighted by Gasteiger charge is 2.26. The van der Waals surface area contributed by atoms with Crippen LogP contribution in [-0.2, 0) is 19.4 Å². The van der Waals surface area contributed by atoms with Gasteiger partial charge in [-0.1, -0.05) is 23.8 Å². The second-order valence-electron chi connectivity index (χ2n) is 6.45. The normalized spacial score (nSPS) is 19.6. The van der Waals surface area contributed by atoms with E-state index in [0.29, 0.717) is 0 Å². The van der Waals surface area contributed by atoms with Crippen molar-refractivity contribution in [1.29, 1.82) is 0 Å². The molecule has 4 rings (SSSR count). The van der Waals surface area contributed by atoms with Crippen molar-refractivity contribution >= 4 is 5.91 Å². The molecule has 2 aliphatic rings. The van der Waals surface area contributed by atoms with Gasteiger partial charge in [-0.3, -0.25) is 9.48 Å². The number of hydrogen-bond donors (Lipinski definition) is 1. The smallest absolute Gasteiger partial charge is 0.255 e. The summed E-state index contributed by atoms with van der Waals surface area (Å²) >= 11 is 0. The summed E-state index contributed by atoms with van der Waals surface area (Å²) in [5.41, 5.74) is 5.78. The lowest BCUT2D eigenvalue weighted by molar-refractivity contribution is 0.0935. The van der Waals surface area contributed by atoms with E-state index in [0.717, 1.165) is 49.9 Å². The van der Waals surface area contributed by atoms with Crippen molar-refractivity contribution in [3.63, 3.8) is 0 Å². The monoisotopic (exact) mass is 295 g/mol. The van der Waals surface area contributed by atoms with E-state index in [2.05, 4.69) is 35.5 Å². The topological polar surface area (TPSA) is 46.9 Å². The number of benzene rings is 1. The number of carbonyl (C=O) groups excluding carboxylic acids is 1. The van der Waals surface area contributed by atoms with Crippen molar-refractivity contribution in [2.75, 3.05) is 0 Å². The van der Waals surface area contributed by atoms with Crippen molar-refractivity contribution < 1.29 is 4.79 Å². The van der Waals surface area contributed by atoms with Crippen LogP contribution in [0.4, 0.5) is 0 Å². The van der Waals surface area contributed by atoms with Crippen molar-refractivity contribution in [3.8, 4) is 0 Å². The van der Waals surface area contributed by atoms with E-state index in [1.54, 1.807) is 6.20 Å². The van der Waals surface area contributed by atoms with Gasteiger partial charge in [-0.05, 0) is 50.2 Å². The maximum Gasteiger partial charge on any atom is 0.255 e. The Hall–Kier alpha value is -2.10. The van der Waals surface area contributed by atoms with Crippen LogP contribution >= 0.6 is 0 Å². The quantitative estimate of drug-likeness (QED) is 0.926. The molecule has 2 aromatic rings. The largest absolute Gasteiger partial charge is 0.345 e. The van der Waals surface area contributed by atoms with Gasteiger partial charge >= 0.3 is 0 Å². The van der Waals surface area contributed by atoms with Crippen LogP contribution in [0.15, 0.2) is 24.4 Å². The van der Waals surface area contributed by atoms with Gasteiger partial charge in [-0.25, -0.2) is 0 Å². The molecule has 0 saturated carbocycles. The van der Waals surface area contributed by atoms with Gasteiger partial charge < -0.3 is 5.32 Å². The first-order chi connectivity index (χ1) is 10.7. The van der Waals surface area contributed by atoms with Crippen LogP contribution in [0.25, 0.3) is 0 Å². The molecule has 0 saturated heterocycles. The molecule has 1 amide bonds. The minimum Gasteiger partial charge on any atom is -0.345 e. The Kier molecular flexibility index (Phi) is 3.25. The average molecular weight is 295 g/mol. The van der Waals surface area contributed by atoms with E-state index in [1.165, 1.54) is 16.7 Å². The third kappa shape index (κ3) is 2.23. The maximum absolute atomic E-state index is 12.7. The predicted molar refractivity (Wildman–Crippen MR) is 84.9 cm³/mol. The average Bonchev–Trinajstić information content (AvgIpc) is 3.11. The van der Waals surface area contributed by atoms with Gasteiger partial charge in [0.05, 0.1) is 23.5 Å². The van der Waals surface area contributed by atoms with Crippen molar-refractivity contribution in [1.82, 2.24) is 15.1 Å². The lowest BCUT2D eigenvalue weighted by Crippen LogP contribution is -2.28. The Morgan fingerprint density at radius 1 is 1.32 bits per heavy atom. The van der Waals surface area contributed by atoms with Gasteiger partial charge in [-0.15, -0.1) is 0 Å². The van der Waals surface area contributed by atoms with Crippen molar-refractivity contribution in [2.24, 2.45) is 0 Å². The zero-order chi connectivity index (χ0) is 15.1. The summed E-state index contributed by atoms with van der Waals surface area (Å²) in [5, 5.41) is 7.59. The highest BCUT2D eigenvalue weighted by atomic mass is 16.1. The zero-order valence-electron chi connectivity index (χ0n) is 12.9. The van der Waals surface area contributed by atoms with Gasteiger partial charge in [0.2, 0.25) is 0 Å². The summed E-state index contributed by atoms with van der Waals surface area (Å²) in [7, 11) is 0. The van der Waals surface area contributed by atoms with Crippen LogP contribution in [0.5, 0.6) is 0 Å². The van der Waals surface area contributed by atoms with E-state index in [1.807, 2.05) is 4.68 Å². The Bertz CT molecular complexity index is 732. The van der Waals surface area contributed by atoms with Gasteiger partial charge in [0.15, 0.2) is 0 Å². The lowest BCUT2D eigenvalue weighted by Gasteiger charge is -2.17. The van der Waals surface area contributed by atoms with Gasteiger partial charge in [0, 0.05) is 6.54 Å². The van der Waals surface area contributed by atoms with E-state index in [4.69, 9.17) is 0 Å². The molecule has 1 N–H and O–H groups in total. The number of rotatable bonds is 2. The summed E-state index contributed by atoms with van der Waals surface area (Å²) in [5.74, 6) is 0.0301. The fourth-order valence-electron chi connectivity index (χ4n) is 3.72. The molecule has 0 fully saturated rings. The summed E-state index contributed by atoms with van der Waals surface area (Å²) in [6.07, 6.45) is 7.05. The summed E-state index contributed by atoms with van der Waals surface area (Å²) < 4.78 is 1.99. The fourth-order valence-corrected chi connectivity index (χ4v) is 3.72. The number of hydrogen-bond acceptors (Lipinski definition) is 2. The van der Waals surface area contributed by atoms with E-state index < -0.39 is 0 Å². The number of nitrogens with zero attached hydrogens (tertiary/aromatic N) is 2. The van der Waals surface area contributed by atoms with Crippen LogP contribution in [0, 0.1) is 6.92 Å². The second-order valence-corrected chi connectivity index (χ2v) is 6.45. The molecule has 0 bridgehead atoms. The number of aromatic nitrogens is 2. The molecule has 4 nitrogen and oxygen atoms in total. The van der Waals surface area contributed by atoms with Crippen LogP contribution in [0.1, 0.15) is 58.0 Å². The molecule has 4 heteroatoms. The molecule has 0 spiro atoms. The molecular weight excluding hydrogens is 274 g/mol. The van der Waals surface area contributed by atoms with Crippen molar-refractivity contribution in [2.45, 2.75) is 51.6 Å². The van der Waals surface area contributed by atoms with Crippen LogP contribution in [0.3, 0.4) is 0 Å². The van der Waals surface area contributed by atoms with Gasteiger partial charge in [0.1, 0.15) is 0 Å². The molecular formula is C18H21N3O. The molecule has 1 aromatic heterocycles. The summed E-state index contributed by atoms with van der Waals surface area (Å²) in [6.45, 7) is 3.04. The Morgan fingerprint density at radius 2 is 2.23 bits per heavy atom. The predicted octanol–water partition coefficient (Wildman–Crippen LogP) is 2.95. The summed E-state index contributed by atoms with van der Waals surface area (Å²) in [6, 6.07) is 6.69. The Balaban J connectivity index is 1.57. The molecule has 1 atom stereocenters. The number of carbonyl (C=O) groups is 1. The first kappa shape index (κ1) is 13.6. The first-order valence-corrected chi connectivity index (χ1v) is 8.17. The molecule has 1 aliphatic carbocycles. The first-order valence-electron chi connectivity index (χ1n) is 8.17. The Morgan fingerprint density at radius 3 is 3.14 bits per heavy atom. The van der Waals surface area contributed by atoms with Gasteiger partial charge in [0.25, 0.3) is 5.91 Å². The molecule has 1 aliphatic heterocycles. The van der Waals surface area contributed by atoms with Crippen molar-refractivity contribution in [3.05, 3.63) is 52.3 Å². The third-order valence-electron chi connectivity index (χ3n) is 4.91. The van der Waals surface area contributed by atoms with Gasteiger partial charge in [-0.2, -0.15) is 5.10 Å². The lowest BCUT2D eigenvalue weighted by atomic mass is 10.0. The number of fused-ring (bicyclic) bond motifs is 2. The molecule has 1 unspecified atom stereocenters. The number of aryl methyl sites for hydroxylation is 3. The fraction of sp³-hybridized carbons (Fsp3) is 0.444. The highest BCUT2D eigenvalue weighted by Crippen LogP contribution is 2.32. The molecule has 2 heterocycles. The number of nitrogens with one attached hydrogen (secondary N) is 1.